The Bertz CT molecular complexity index is 551. The molecule has 26 heavy (non-hydrogen) atoms. The van der Waals surface area contributed by atoms with E-state index in [4.69, 9.17) is 4.65 Å². The fourth-order valence-corrected chi connectivity index (χ4v) is 3.38. The molecule has 0 saturated heterocycles. The van der Waals surface area contributed by atoms with Gasteiger partial charge in [0, 0.05) is 24.4 Å². The number of benzene rings is 1. The summed E-state index contributed by atoms with van der Waals surface area (Å²) in [6, 6.07) is 8.84. The molecule has 0 heterocycles. The van der Waals surface area contributed by atoms with Crippen LogP contribution in [0.25, 0.3) is 0 Å². The molecule has 0 amide bonds. The van der Waals surface area contributed by atoms with Crippen LogP contribution in [0.2, 0.25) is 0 Å². The van der Waals surface area contributed by atoms with E-state index in [1.807, 2.05) is 7.48 Å². The molecule has 1 aromatic rings. The Morgan fingerprint density at radius 2 is 1.81 bits per heavy atom. The molecule has 1 atom stereocenters. The summed E-state index contributed by atoms with van der Waals surface area (Å²) < 4.78 is 6.10. The van der Waals surface area contributed by atoms with Crippen molar-refractivity contribution in [3.63, 3.8) is 0 Å². The zero-order chi connectivity index (χ0) is 19.3. The van der Waals surface area contributed by atoms with Gasteiger partial charge in [0.25, 0.3) is 0 Å². The molecule has 1 aromatic carbocycles. The van der Waals surface area contributed by atoms with Crippen LogP contribution in [0.15, 0.2) is 24.3 Å². The third-order valence-electron chi connectivity index (χ3n) is 6.17. The Morgan fingerprint density at radius 3 is 2.35 bits per heavy atom. The summed E-state index contributed by atoms with van der Waals surface area (Å²) >= 11 is 0. The Kier molecular flexibility index (Phi) is 7.64. The summed E-state index contributed by atoms with van der Waals surface area (Å²) in [6.07, 6.45) is 4.26. The minimum Gasteiger partial charge on any atom is -0.429 e. The van der Waals surface area contributed by atoms with Crippen molar-refractivity contribution >= 4 is 18.6 Å². The van der Waals surface area contributed by atoms with E-state index in [-0.39, 0.29) is 5.60 Å². The van der Waals surface area contributed by atoms with Crippen molar-refractivity contribution in [2.45, 2.75) is 73.3 Å². The highest BCUT2D eigenvalue weighted by atomic mass is 16.5. The third-order valence-corrected chi connectivity index (χ3v) is 6.17. The van der Waals surface area contributed by atoms with Crippen molar-refractivity contribution in [1.29, 1.82) is 0 Å². The third kappa shape index (κ3) is 6.04. The first-order valence-corrected chi connectivity index (χ1v) is 10.5. The van der Waals surface area contributed by atoms with Gasteiger partial charge in [-0.2, -0.15) is 0 Å². The maximum atomic E-state index is 6.10. The molecule has 1 fully saturated rings. The molecular weight excluding hydrogens is 317 g/mol. The topological polar surface area (TPSA) is 12.5 Å². The van der Waals surface area contributed by atoms with E-state index in [0.29, 0.717) is 11.8 Å². The molecule has 1 radical (unpaired) electrons. The van der Waals surface area contributed by atoms with Crippen LogP contribution < -0.4 is 10.4 Å². The number of hydrogen-bond donors (Lipinski definition) is 0. The molecular formula is C23H39BNO. The summed E-state index contributed by atoms with van der Waals surface area (Å²) in [5, 5.41) is 0. The minimum atomic E-state index is -0.146. The second-order valence-corrected chi connectivity index (χ2v) is 9.56. The lowest BCUT2D eigenvalue weighted by atomic mass is 9.76. The predicted molar refractivity (Wildman–Crippen MR) is 115 cm³/mol. The molecule has 0 aromatic heterocycles. The molecule has 2 rings (SSSR count). The quantitative estimate of drug-likeness (QED) is 0.529. The summed E-state index contributed by atoms with van der Waals surface area (Å²) in [7, 11) is 1.94. The molecule has 0 N–H and O–H groups in total. The van der Waals surface area contributed by atoms with E-state index in [0.717, 1.165) is 30.4 Å². The van der Waals surface area contributed by atoms with Crippen LogP contribution in [0, 0.1) is 23.7 Å². The largest absolute Gasteiger partial charge is 0.429 e. The summed E-state index contributed by atoms with van der Waals surface area (Å²) in [5.41, 5.74) is 2.33. The van der Waals surface area contributed by atoms with Crippen molar-refractivity contribution < 1.29 is 4.65 Å². The van der Waals surface area contributed by atoms with Crippen LogP contribution in [0.4, 0.5) is 5.69 Å². The first-order valence-electron chi connectivity index (χ1n) is 10.5. The maximum Gasteiger partial charge on any atom is 0.330 e. The average molecular weight is 356 g/mol. The van der Waals surface area contributed by atoms with Crippen molar-refractivity contribution in [1.82, 2.24) is 0 Å². The van der Waals surface area contributed by atoms with Crippen molar-refractivity contribution in [3.8, 4) is 0 Å². The van der Waals surface area contributed by atoms with Gasteiger partial charge in [-0.25, -0.2) is 0 Å². The average Bonchev–Trinajstić information content (AvgIpc) is 2.50. The van der Waals surface area contributed by atoms with Gasteiger partial charge in [0.1, 0.15) is 0 Å². The Morgan fingerprint density at radius 1 is 1.12 bits per heavy atom. The van der Waals surface area contributed by atoms with Crippen molar-refractivity contribution in [2.75, 3.05) is 18.0 Å². The first kappa shape index (κ1) is 21.3. The van der Waals surface area contributed by atoms with Crippen LogP contribution in [0.1, 0.15) is 67.7 Å². The van der Waals surface area contributed by atoms with Crippen LogP contribution in [0.3, 0.4) is 0 Å². The highest BCUT2D eigenvalue weighted by Crippen LogP contribution is 2.34. The van der Waals surface area contributed by atoms with Crippen molar-refractivity contribution in [2.24, 2.45) is 23.7 Å². The number of hydrogen-bond acceptors (Lipinski definition) is 2. The highest BCUT2D eigenvalue weighted by Gasteiger charge is 2.26. The van der Waals surface area contributed by atoms with Crippen molar-refractivity contribution in [3.05, 3.63) is 24.3 Å². The lowest BCUT2D eigenvalue weighted by Gasteiger charge is -2.37. The lowest BCUT2D eigenvalue weighted by Crippen LogP contribution is -2.38. The molecule has 145 valence electrons. The maximum absolute atomic E-state index is 6.10. The van der Waals surface area contributed by atoms with E-state index in [9.17, 15) is 0 Å². The Hall–Kier alpha value is -0.955. The Labute approximate surface area is 163 Å². The highest BCUT2D eigenvalue weighted by molar-refractivity contribution is 6.47. The number of nitrogens with zero attached hydrogens (tertiary/aromatic N) is 1. The molecule has 1 aliphatic rings. The standard InChI is InChI=1S/C23H39BNO/c1-17(2)15-25(16-19(5)20-10-8-11-20)22-13-9-12-21(14-22)24-26-23(6,7)18(3)4/h9,12-14,17-20H,8,10-11,15-16H2,1-7H3. The predicted octanol–water partition coefficient (Wildman–Crippen LogP) is 5.28. The van der Waals surface area contributed by atoms with Gasteiger partial charge in [0.15, 0.2) is 0 Å². The van der Waals surface area contributed by atoms with Gasteiger partial charge in [-0.15, -0.1) is 0 Å². The van der Waals surface area contributed by atoms with Crippen LogP contribution >= 0.6 is 0 Å². The molecule has 3 heteroatoms. The van der Waals surface area contributed by atoms with E-state index >= 15 is 0 Å². The van der Waals surface area contributed by atoms with E-state index in [1.165, 1.54) is 24.9 Å². The summed E-state index contributed by atoms with van der Waals surface area (Å²) in [4.78, 5) is 2.58. The molecule has 2 nitrogen and oxygen atoms in total. The Balaban J connectivity index is 2.07. The van der Waals surface area contributed by atoms with Gasteiger partial charge in [0.2, 0.25) is 0 Å². The molecule has 1 unspecified atom stereocenters. The summed E-state index contributed by atoms with van der Waals surface area (Å²) in [6.45, 7) is 18.0. The van der Waals surface area contributed by atoms with Gasteiger partial charge in [-0.3, -0.25) is 0 Å². The lowest BCUT2D eigenvalue weighted by molar-refractivity contribution is 0.0668. The van der Waals surface area contributed by atoms with Gasteiger partial charge in [-0.05, 0) is 49.7 Å². The zero-order valence-electron chi connectivity index (χ0n) is 18.1. The second kappa shape index (κ2) is 9.31. The summed E-state index contributed by atoms with van der Waals surface area (Å²) in [5.74, 6) is 2.83. The normalized spacial score (nSPS) is 16.7. The van der Waals surface area contributed by atoms with Crippen LogP contribution in [0.5, 0.6) is 0 Å². The molecule has 0 bridgehead atoms. The monoisotopic (exact) mass is 356 g/mol. The SMILES string of the molecule is CC(C)CN(CC(C)C1CCC1)c1cccc([B]OC(C)(C)C(C)C)c1. The second-order valence-electron chi connectivity index (χ2n) is 9.56. The van der Waals surface area contributed by atoms with E-state index < -0.39 is 0 Å². The fraction of sp³-hybridized carbons (Fsp3) is 0.739. The molecule has 0 spiro atoms. The molecule has 0 aliphatic heterocycles. The van der Waals surface area contributed by atoms with E-state index in [2.05, 4.69) is 77.6 Å². The molecule has 1 aliphatic carbocycles. The smallest absolute Gasteiger partial charge is 0.330 e. The molecule has 1 saturated carbocycles. The number of rotatable bonds is 10. The first-order chi connectivity index (χ1) is 12.2. The van der Waals surface area contributed by atoms with Gasteiger partial charge < -0.3 is 9.55 Å². The minimum absolute atomic E-state index is 0.146. The van der Waals surface area contributed by atoms with Gasteiger partial charge >= 0.3 is 7.48 Å². The van der Waals surface area contributed by atoms with Gasteiger partial charge in [0.05, 0.1) is 0 Å². The fourth-order valence-electron chi connectivity index (χ4n) is 3.38. The zero-order valence-corrected chi connectivity index (χ0v) is 18.1. The number of anilines is 1. The van der Waals surface area contributed by atoms with Crippen LogP contribution in [-0.4, -0.2) is 26.2 Å². The van der Waals surface area contributed by atoms with Crippen LogP contribution in [-0.2, 0) is 4.65 Å². The van der Waals surface area contributed by atoms with Gasteiger partial charge in [-0.1, -0.05) is 71.5 Å². The van der Waals surface area contributed by atoms with E-state index in [1.54, 1.807) is 0 Å².